The van der Waals surface area contributed by atoms with Gasteiger partial charge in [-0.2, -0.15) is 0 Å². The van der Waals surface area contributed by atoms with Crippen molar-refractivity contribution in [2.24, 2.45) is 0 Å². The Morgan fingerprint density at radius 3 is 2.66 bits per heavy atom. The SMILES string of the molecule is COc1cc(OC)c(NC(=O)COC(=O)Cc2csc(-c3cccs3)n2)cc1Cl. The zero-order valence-corrected chi connectivity index (χ0v) is 18.0. The Morgan fingerprint density at radius 1 is 1.17 bits per heavy atom. The lowest BCUT2D eigenvalue weighted by Gasteiger charge is -2.13. The molecule has 7 nitrogen and oxygen atoms in total. The van der Waals surface area contributed by atoms with Gasteiger partial charge in [-0.15, -0.1) is 22.7 Å². The molecule has 0 saturated heterocycles. The van der Waals surface area contributed by atoms with E-state index in [4.69, 9.17) is 25.8 Å². The topological polar surface area (TPSA) is 86.8 Å². The van der Waals surface area contributed by atoms with Crippen LogP contribution in [0.15, 0.2) is 35.0 Å². The van der Waals surface area contributed by atoms with Crippen LogP contribution in [0.5, 0.6) is 11.5 Å². The number of thiazole rings is 1. The number of nitrogens with zero attached hydrogens (tertiary/aromatic N) is 1. The van der Waals surface area contributed by atoms with Crippen LogP contribution in [0, 0.1) is 0 Å². The second kappa shape index (κ2) is 9.73. The maximum Gasteiger partial charge on any atom is 0.312 e. The largest absolute Gasteiger partial charge is 0.495 e. The van der Waals surface area contributed by atoms with Crippen LogP contribution in [0.25, 0.3) is 9.88 Å². The summed E-state index contributed by atoms with van der Waals surface area (Å²) in [7, 11) is 2.93. The molecular weight excluding hydrogens is 436 g/mol. The molecule has 0 spiro atoms. The van der Waals surface area contributed by atoms with Crippen LogP contribution < -0.4 is 14.8 Å². The fourth-order valence-electron chi connectivity index (χ4n) is 2.39. The highest BCUT2D eigenvalue weighted by molar-refractivity contribution is 7.20. The highest BCUT2D eigenvalue weighted by Gasteiger charge is 2.15. The predicted octanol–water partition coefficient (Wildman–Crippen LogP) is 4.27. The lowest BCUT2D eigenvalue weighted by atomic mass is 10.2. The fraction of sp³-hybridized carbons (Fsp3) is 0.211. The van der Waals surface area contributed by atoms with E-state index >= 15 is 0 Å². The summed E-state index contributed by atoms with van der Waals surface area (Å²) >= 11 is 9.12. The Balaban J connectivity index is 1.53. The van der Waals surface area contributed by atoms with Gasteiger partial charge < -0.3 is 19.5 Å². The first-order valence-electron chi connectivity index (χ1n) is 8.35. The van der Waals surface area contributed by atoms with E-state index in [0.29, 0.717) is 27.9 Å². The molecule has 2 heterocycles. The minimum Gasteiger partial charge on any atom is -0.495 e. The van der Waals surface area contributed by atoms with E-state index < -0.39 is 18.5 Å². The molecule has 2 aromatic heterocycles. The Morgan fingerprint density at radius 2 is 1.97 bits per heavy atom. The molecule has 152 valence electrons. The van der Waals surface area contributed by atoms with E-state index in [1.165, 1.54) is 31.6 Å². The van der Waals surface area contributed by atoms with Crippen molar-refractivity contribution in [1.29, 1.82) is 0 Å². The number of esters is 1. The second-order valence-electron chi connectivity index (χ2n) is 5.69. The minimum absolute atomic E-state index is 0.00710. The Bertz CT molecular complexity index is 1000. The average Bonchev–Trinajstić information content (AvgIpc) is 3.38. The van der Waals surface area contributed by atoms with Crippen LogP contribution in [-0.2, 0) is 20.7 Å². The zero-order valence-electron chi connectivity index (χ0n) is 15.6. The summed E-state index contributed by atoms with van der Waals surface area (Å²) in [6, 6.07) is 6.96. The number of benzene rings is 1. The van der Waals surface area contributed by atoms with Crippen molar-refractivity contribution in [1.82, 2.24) is 4.98 Å². The lowest BCUT2D eigenvalue weighted by molar-refractivity contribution is -0.146. The van der Waals surface area contributed by atoms with Crippen LogP contribution in [0.2, 0.25) is 5.02 Å². The van der Waals surface area contributed by atoms with E-state index in [1.807, 2.05) is 17.5 Å². The summed E-state index contributed by atoms with van der Waals surface area (Å²) in [5.74, 6) is -0.272. The lowest BCUT2D eigenvalue weighted by Crippen LogP contribution is -2.22. The van der Waals surface area contributed by atoms with Crippen molar-refractivity contribution in [2.45, 2.75) is 6.42 Å². The van der Waals surface area contributed by atoms with Gasteiger partial charge in [0.1, 0.15) is 16.5 Å². The molecule has 3 aromatic rings. The van der Waals surface area contributed by atoms with Crippen molar-refractivity contribution in [2.75, 3.05) is 26.1 Å². The van der Waals surface area contributed by atoms with Crippen molar-refractivity contribution in [3.63, 3.8) is 0 Å². The predicted molar refractivity (Wildman–Crippen MR) is 113 cm³/mol. The van der Waals surface area contributed by atoms with Gasteiger partial charge >= 0.3 is 5.97 Å². The monoisotopic (exact) mass is 452 g/mol. The van der Waals surface area contributed by atoms with E-state index in [1.54, 1.807) is 22.8 Å². The average molecular weight is 453 g/mol. The highest BCUT2D eigenvalue weighted by atomic mass is 35.5. The van der Waals surface area contributed by atoms with Gasteiger partial charge in [-0.3, -0.25) is 9.59 Å². The molecule has 0 fully saturated rings. The minimum atomic E-state index is -0.539. The number of methoxy groups -OCH3 is 2. The molecule has 29 heavy (non-hydrogen) atoms. The molecule has 0 bridgehead atoms. The van der Waals surface area contributed by atoms with Gasteiger partial charge in [0.25, 0.3) is 5.91 Å². The smallest absolute Gasteiger partial charge is 0.312 e. The first-order chi connectivity index (χ1) is 14.0. The normalized spacial score (nSPS) is 10.4. The van der Waals surface area contributed by atoms with E-state index in [-0.39, 0.29) is 6.42 Å². The molecule has 0 aliphatic rings. The number of hydrogen-bond acceptors (Lipinski definition) is 8. The molecule has 0 unspecified atom stereocenters. The first-order valence-corrected chi connectivity index (χ1v) is 10.5. The van der Waals surface area contributed by atoms with Gasteiger partial charge in [-0.1, -0.05) is 17.7 Å². The first kappa shape index (κ1) is 21.1. The number of anilines is 1. The number of carbonyl (C=O) groups excluding carboxylic acids is 2. The molecule has 0 atom stereocenters. The maximum absolute atomic E-state index is 12.1. The molecule has 10 heteroatoms. The molecular formula is C19H17ClN2O5S2. The number of halogens is 1. The van der Waals surface area contributed by atoms with Crippen LogP contribution in [0.1, 0.15) is 5.69 Å². The molecule has 1 N–H and O–H groups in total. The number of rotatable bonds is 8. The van der Waals surface area contributed by atoms with Gasteiger partial charge in [0.2, 0.25) is 0 Å². The van der Waals surface area contributed by atoms with Gasteiger partial charge in [0.05, 0.1) is 41.9 Å². The van der Waals surface area contributed by atoms with Crippen LogP contribution >= 0.6 is 34.3 Å². The third-order valence-corrected chi connectivity index (χ3v) is 5.95. The summed E-state index contributed by atoms with van der Waals surface area (Å²) in [5.41, 5.74) is 0.951. The van der Waals surface area contributed by atoms with Gasteiger partial charge in [-0.05, 0) is 17.5 Å². The number of thiophene rings is 1. The van der Waals surface area contributed by atoms with E-state index in [9.17, 15) is 9.59 Å². The molecule has 0 aliphatic heterocycles. The molecule has 0 radical (unpaired) electrons. The van der Waals surface area contributed by atoms with Crippen molar-refractivity contribution >= 4 is 51.8 Å². The van der Waals surface area contributed by atoms with Gasteiger partial charge in [-0.25, -0.2) is 4.98 Å². The highest BCUT2D eigenvalue weighted by Crippen LogP contribution is 2.35. The van der Waals surface area contributed by atoms with Gasteiger partial charge in [0, 0.05) is 11.4 Å². The van der Waals surface area contributed by atoms with Crippen molar-refractivity contribution in [3.8, 4) is 21.4 Å². The molecule has 0 saturated carbocycles. The number of nitrogens with one attached hydrogen (secondary N) is 1. The van der Waals surface area contributed by atoms with E-state index in [2.05, 4.69) is 10.3 Å². The van der Waals surface area contributed by atoms with Crippen LogP contribution in [-0.4, -0.2) is 37.7 Å². The molecule has 1 amide bonds. The Labute approximate surface area is 180 Å². The fourth-order valence-corrected chi connectivity index (χ4v) is 4.27. The third kappa shape index (κ3) is 5.47. The van der Waals surface area contributed by atoms with Gasteiger partial charge in [0.15, 0.2) is 6.61 Å². The summed E-state index contributed by atoms with van der Waals surface area (Å²) < 4.78 is 15.4. The Hall–Kier alpha value is -2.62. The quantitative estimate of drug-likeness (QED) is 0.514. The number of hydrogen-bond donors (Lipinski definition) is 1. The molecule has 1 aromatic carbocycles. The van der Waals surface area contributed by atoms with Crippen molar-refractivity contribution in [3.05, 3.63) is 45.7 Å². The Kier molecular flexibility index (Phi) is 7.08. The standard InChI is InChI=1S/C19H17ClN2O5S2/c1-25-14-8-15(26-2)13(7-12(14)20)22-17(23)9-27-18(24)6-11-10-29-19(21-11)16-4-3-5-28-16/h3-5,7-8,10H,6,9H2,1-2H3,(H,22,23). The third-order valence-electron chi connectivity index (χ3n) is 3.72. The maximum atomic E-state index is 12.1. The number of ether oxygens (including phenoxy) is 3. The number of amides is 1. The second-order valence-corrected chi connectivity index (χ2v) is 7.91. The molecule has 0 aliphatic carbocycles. The summed E-state index contributed by atoms with van der Waals surface area (Å²) in [5, 5.41) is 7.54. The van der Waals surface area contributed by atoms with Crippen LogP contribution in [0.4, 0.5) is 5.69 Å². The summed E-state index contributed by atoms with van der Waals surface area (Å²) in [6.07, 6.45) is -0.00710. The number of aromatic nitrogens is 1. The number of carbonyl (C=O) groups is 2. The van der Waals surface area contributed by atoms with Crippen molar-refractivity contribution < 1.29 is 23.8 Å². The van der Waals surface area contributed by atoms with E-state index in [0.717, 1.165) is 9.88 Å². The summed E-state index contributed by atoms with van der Waals surface area (Å²) in [6.45, 7) is -0.437. The van der Waals surface area contributed by atoms with Crippen LogP contribution in [0.3, 0.4) is 0 Å². The molecule has 3 rings (SSSR count). The summed E-state index contributed by atoms with van der Waals surface area (Å²) in [4.78, 5) is 29.6. The zero-order chi connectivity index (χ0) is 20.8.